The minimum absolute atomic E-state index is 0.0450. The number of aryl methyl sites for hydroxylation is 1. The van der Waals surface area contributed by atoms with E-state index >= 15 is 0 Å². The lowest BCUT2D eigenvalue weighted by Gasteiger charge is -2.36. The first-order valence-electron chi connectivity index (χ1n) is 6.73. The first-order chi connectivity index (χ1) is 8.93. The molecule has 0 bridgehead atoms. The van der Waals surface area contributed by atoms with Gasteiger partial charge in [0.2, 0.25) is 0 Å². The smallest absolute Gasteiger partial charge is 0.255 e. The minimum atomic E-state index is -0.630. The summed E-state index contributed by atoms with van der Waals surface area (Å²) < 4.78 is 0. The largest absolute Gasteiger partial charge is 0.390 e. The van der Waals surface area contributed by atoms with Crippen molar-refractivity contribution in [3.05, 3.63) is 29.3 Å². The Morgan fingerprint density at radius 1 is 1.37 bits per heavy atom. The number of aliphatic hydroxyl groups is 1. The monoisotopic (exact) mass is 262 g/mol. The van der Waals surface area contributed by atoms with E-state index in [0.717, 1.165) is 11.3 Å². The Kier molecular flexibility index (Phi) is 3.80. The maximum Gasteiger partial charge on any atom is 0.255 e. The fourth-order valence-electron chi connectivity index (χ4n) is 2.41. The van der Waals surface area contributed by atoms with E-state index in [1.807, 2.05) is 44.0 Å². The number of likely N-dealkylation sites (tertiary alicyclic amines) is 1. The third kappa shape index (κ3) is 3.07. The van der Waals surface area contributed by atoms with E-state index in [9.17, 15) is 9.90 Å². The second kappa shape index (κ2) is 5.21. The van der Waals surface area contributed by atoms with Crippen molar-refractivity contribution in [2.75, 3.05) is 25.5 Å². The maximum absolute atomic E-state index is 12.5. The van der Waals surface area contributed by atoms with E-state index in [-0.39, 0.29) is 5.91 Å². The third-order valence-electron chi connectivity index (χ3n) is 3.80. The van der Waals surface area contributed by atoms with Crippen molar-refractivity contribution in [3.63, 3.8) is 0 Å². The van der Waals surface area contributed by atoms with Crippen LogP contribution in [-0.4, -0.2) is 41.7 Å². The summed E-state index contributed by atoms with van der Waals surface area (Å²) in [6, 6.07) is 5.84. The van der Waals surface area contributed by atoms with Gasteiger partial charge in [-0.05, 0) is 38.8 Å². The maximum atomic E-state index is 12.5. The van der Waals surface area contributed by atoms with Gasteiger partial charge in [0.1, 0.15) is 0 Å². The van der Waals surface area contributed by atoms with Crippen LogP contribution in [0.5, 0.6) is 0 Å². The van der Waals surface area contributed by atoms with Gasteiger partial charge in [0, 0.05) is 25.8 Å². The number of hydrogen-bond acceptors (Lipinski definition) is 3. The van der Waals surface area contributed by atoms with Gasteiger partial charge in [-0.15, -0.1) is 0 Å². The van der Waals surface area contributed by atoms with E-state index < -0.39 is 5.60 Å². The molecule has 0 radical (unpaired) electrons. The number of carbonyl (C=O) groups excluding carboxylic acids is 1. The van der Waals surface area contributed by atoms with Gasteiger partial charge in [-0.2, -0.15) is 0 Å². The molecule has 2 N–H and O–H groups in total. The quantitative estimate of drug-likeness (QED) is 0.857. The van der Waals surface area contributed by atoms with Gasteiger partial charge < -0.3 is 15.3 Å². The average Bonchev–Trinajstić information content (AvgIpc) is 2.38. The zero-order chi connectivity index (χ0) is 14.0. The Labute approximate surface area is 114 Å². The fraction of sp³-hybridized carbons (Fsp3) is 0.533. The van der Waals surface area contributed by atoms with Gasteiger partial charge in [-0.3, -0.25) is 4.79 Å². The Hall–Kier alpha value is -1.55. The SMILES string of the molecule is CNc1ccc(C)cc1C(=O)N1CCC(C)(O)CC1. The zero-order valence-electron chi connectivity index (χ0n) is 11.9. The number of amides is 1. The average molecular weight is 262 g/mol. The molecule has 2 rings (SSSR count). The molecule has 4 heteroatoms. The van der Waals surface area contributed by atoms with Crippen molar-refractivity contribution in [2.45, 2.75) is 32.3 Å². The van der Waals surface area contributed by atoms with Crippen molar-refractivity contribution < 1.29 is 9.90 Å². The predicted molar refractivity (Wildman–Crippen MR) is 76.5 cm³/mol. The molecule has 104 valence electrons. The summed E-state index contributed by atoms with van der Waals surface area (Å²) in [6.45, 7) is 5.05. The van der Waals surface area contributed by atoms with Gasteiger partial charge in [0.25, 0.3) is 5.91 Å². The molecule has 0 unspecified atom stereocenters. The molecule has 1 aliphatic rings. The second-order valence-electron chi connectivity index (χ2n) is 5.59. The van der Waals surface area contributed by atoms with Crippen molar-refractivity contribution in [1.29, 1.82) is 0 Å². The summed E-state index contributed by atoms with van der Waals surface area (Å²) >= 11 is 0. The molecule has 1 heterocycles. The molecular formula is C15H22N2O2. The molecule has 1 amide bonds. The number of nitrogens with zero attached hydrogens (tertiary/aromatic N) is 1. The molecule has 0 saturated carbocycles. The summed E-state index contributed by atoms with van der Waals surface area (Å²) in [5.74, 6) is 0.0450. The lowest BCUT2D eigenvalue weighted by molar-refractivity contribution is -0.00199. The highest BCUT2D eigenvalue weighted by Gasteiger charge is 2.30. The molecule has 4 nitrogen and oxygen atoms in total. The van der Waals surface area contributed by atoms with E-state index in [1.54, 1.807) is 0 Å². The van der Waals surface area contributed by atoms with Crippen LogP contribution < -0.4 is 5.32 Å². The van der Waals surface area contributed by atoms with Crippen molar-refractivity contribution in [2.24, 2.45) is 0 Å². The topological polar surface area (TPSA) is 52.6 Å². The van der Waals surface area contributed by atoms with E-state index in [0.29, 0.717) is 31.5 Å². The first-order valence-corrected chi connectivity index (χ1v) is 6.73. The number of benzene rings is 1. The third-order valence-corrected chi connectivity index (χ3v) is 3.80. The molecule has 1 aromatic rings. The molecule has 0 aliphatic carbocycles. The highest BCUT2D eigenvalue weighted by molar-refractivity contribution is 5.99. The van der Waals surface area contributed by atoms with Crippen LogP contribution >= 0.6 is 0 Å². The Morgan fingerprint density at radius 3 is 2.58 bits per heavy atom. The Morgan fingerprint density at radius 2 is 2.00 bits per heavy atom. The van der Waals surface area contributed by atoms with Crippen LogP contribution in [0.4, 0.5) is 5.69 Å². The fourth-order valence-corrected chi connectivity index (χ4v) is 2.41. The van der Waals surface area contributed by atoms with Crippen molar-refractivity contribution in [1.82, 2.24) is 4.90 Å². The summed E-state index contributed by atoms with van der Waals surface area (Å²) in [5, 5.41) is 13.0. The van der Waals surface area contributed by atoms with Crippen molar-refractivity contribution in [3.8, 4) is 0 Å². The summed E-state index contributed by atoms with van der Waals surface area (Å²) in [5.41, 5.74) is 2.01. The minimum Gasteiger partial charge on any atom is -0.390 e. The highest BCUT2D eigenvalue weighted by Crippen LogP contribution is 2.25. The molecule has 0 atom stereocenters. The molecular weight excluding hydrogens is 240 g/mol. The Bertz CT molecular complexity index is 473. The number of hydrogen-bond donors (Lipinski definition) is 2. The van der Waals surface area contributed by atoms with E-state index in [1.165, 1.54) is 0 Å². The van der Waals surface area contributed by atoms with Gasteiger partial charge in [-0.1, -0.05) is 11.6 Å². The molecule has 1 aliphatic heterocycles. The summed E-state index contributed by atoms with van der Waals surface area (Å²) in [7, 11) is 1.82. The van der Waals surface area contributed by atoms with Crippen LogP contribution in [0, 0.1) is 6.92 Å². The van der Waals surface area contributed by atoms with Gasteiger partial charge in [0.05, 0.1) is 11.2 Å². The standard InChI is InChI=1S/C15H22N2O2/c1-11-4-5-13(16-3)12(10-11)14(18)17-8-6-15(2,19)7-9-17/h4-5,10,16,19H,6-9H2,1-3H3. The highest BCUT2D eigenvalue weighted by atomic mass is 16.3. The second-order valence-corrected chi connectivity index (χ2v) is 5.59. The van der Waals surface area contributed by atoms with Crippen LogP contribution in [-0.2, 0) is 0 Å². The number of piperidine rings is 1. The molecule has 1 fully saturated rings. The molecule has 1 aromatic carbocycles. The lowest BCUT2D eigenvalue weighted by Crippen LogP contribution is -2.45. The van der Waals surface area contributed by atoms with Gasteiger partial charge >= 0.3 is 0 Å². The van der Waals surface area contributed by atoms with Gasteiger partial charge in [-0.25, -0.2) is 0 Å². The first kappa shape index (κ1) is 13.9. The molecule has 1 saturated heterocycles. The van der Waals surface area contributed by atoms with Crippen molar-refractivity contribution >= 4 is 11.6 Å². The molecule has 0 aromatic heterocycles. The van der Waals surface area contributed by atoms with Crippen LogP contribution in [0.3, 0.4) is 0 Å². The van der Waals surface area contributed by atoms with E-state index in [2.05, 4.69) is 5.32 Å². The van der Waals surface area contributed by atoms with Crippen LogP contribution in [0.15, 0.2) is 18.2 Å². The van der Waals surface area contributed by atoms with Gasteiger partial charge in [0.15, 0.2) is 0 Å². The van der Waals surface area contributed by atoms with E-state index in [4.69, 9.17) is 0 Å². The summed E-state index contributed by atoms with van der Waals surface area (Å²) in [6.07, 6.45) is 1.28. The van der Waals surface area contributed by atoms with Crippen LogP contribution in [0.25, 0.3) is 0 Å². The summed E-state index contributed by atoms with van der Waals surface area (Å²) in [4.78, 5) is 14.4. The normalized spacial score (nSPS) is 18.2. The number of carbonyl (C=O) groups is 1. The number of rotatable bonds is 2. The zero-order valence-corrected chi connectivity index (χ0v) is 11.9. The molecule has 19 heavy (non-hydrogen) atoms. The van der Waals surface area contributed by atoms with Crippen LogP contribution in [0.1, 0.15) is 35.7 Å². The number of nitrogens with one attached hydrogen (secondary N) is 1. The van der Waals surface area contributed by atoms with Crippen LogP contribution in [0.2, 0.25) is 0 Å². The number of anilines is 1. The molecule has 0 spiro atoms. The lowest BCUT2D eigenvalue weighted by atomic mass is 9.93. The predicted octanol–water partition coefficient (Wildman–Crippen LogP) is 2.02. The Balaban J connectivity index is 2.18.